The van der Waals surface area contributed by atoms with Crippen LogP contribution in [0.2, 0.25) is 0 Å². The average molecular weight is 193 g/mol. The summed E-state index contributed by atoms with van der Waals surface area (Å²) in [5, 5.41) is 2.15. The first kappa shape index (κ1) is 8.95. The van der Waals surface area contributed by atoms with Crippen LogP contribution in [0.5, 0.6) is 0 Å². The summed E-state index contributed by atoms with van der Waals surface area (Å²) in [7, 11) is 0. The number of allylic oxidation sites excluding steroid dienone is 2. The third kappa shape index (κ3) is 1.99. The zero-order chi connectivity index (χ0) is 9.10. The molecular formula is C11H15NS. The molecule has 2 rings (SSSR count). The third-order valence-electron chi connectivity index (χ3n) is 2.36. The van der Waals surface area contributed by atoms with E-state index in [-0.39, 0.29) is 0 Å². The second kappa shape index (κ2) is 4.05. The van der Waals surface area contributed by atoms with Crippen LogP contribution in [-0.2, 0) is 0 Å². The minimum atomic E-state index is 1.12. The molecule has 0 spiro atoms. The van der Waals surface area contributed by atoms with E-state index < -0.39 is 0 Å². The first-order chi connectivity index (χ1) is 6.40. The van der Waals surface area contributed by atoms with Crippen molar-refractivity contribution in [2.75, 3.05) is 13.1 Å². The Balaban J connectivity index is 1.96. The second-order valence-electron chi connectivity index (χ2n) is 3.46. The second-order valence-corrected chi connectivity index (χ2v) is 4.40. The van der Waals surface area contributed by atoms with Crippen molar-refractivity contribution in [3.8, 4) is 0 Å². The Morgan fingerprint density at radius 3 is 3.23 bits per heavy atom. The molecule has 2 aliphatic heterocycles. The van der Waals surface area contributed by atoms with Crippen molar-refractivity contribution in [3.05, 3.63) is 34.2 Å². The lowest BCUT2D eigenvalue weighted by Gasteiger charge is -2.13. The highest BCUT2D eigenvalue weighted by Crippen LogP contribution is 2.34. The molecule has 0 saturated carbocycles. The minimum Gasteiger partial charge on any atom is -0.372 e. The molecule has 0 N–H and O–H groups in total. The molecule has 0 amide bonds. The molecule has 13 heavy (non-hydrogen) atoms. The fourth-order valence-corrected chi connectivity index (χ4v) is 2.40. The predicted molar refractivity (Wildman–Crippen MR) is 59.4 cm³/mol. The Morgan fingerprint density at radius 1 is 1.54 bits per heavy atom. The number of unbranched alkanes of at least 4 members (excludes halogenated alkanes) is 1. The highest BCUT2D eigenvalue weighted by Gasteiger charge is 2.17. The Morgan fingerprint density at radius 2 is 2.46 bits per heavy atom. The molecule has 1 nitrogen and oxygen atoms in total. The van der Waals surface area contributed by atoms with Crippen LogP contribution >= 0.6 is 11.8 Å². The molecule has 0 aliphatic carbocycles. The van der Waals surface area contributed by atoms with Gasteiger partial charge >= 0.3 is 0 Å². The maximum absolute atomic E-state index is 2.42. The van der Waals surface area contributed by atoms with E-state index in [1.807, 2.05) is 11.8 Å². The van der Waals surface area contributed by atoms with Crippen molar-refractivity contribution in [2.24, 2.45) is 0 Å². The highest BCUT2D eigenvalue weighted by molar-refractivity contribution is 8.06. The summed E-state index contributed by atoms with van der Waals surface area (Å²) in [6.07, 6.45) is 9.25. The predicted octanol–water partition coefficient (Wildman–Crippen LogP) is 3.13. The molecule has 0 aromatic heterocycles. The summed E-state index contributed by atoms with van der Waals surface area (Å²) in [5.41, 5.74) is 1.49. The van der Waals surface area contributed by atoms with E-state index >= 15 is 0 Å². The number of hydrogen-bond donors (Lipinski definition) is 0. The Bertz CT molecular complexity index is 276. The molecule has 0 saturated heterocycles. The molecule has 0 aromatic rings. The Labute approximate surface area is 84.2 Å². The molecule has 0 aromatic carbocycles. The molecule has 0 atom stereocenters. The van der Waals surface area contributed by atoms with Crippen molar-refractivity contribution in [2.45, 2.75) is 19.8 Å². The molecule has 0 bridgehead atoms. The molecule has 0 unspecified atom stereocenters. The molecule has 70 valence electrons. The largest absolute Gasteiger partial charge is 0.372 e. The lowest BCUT2D eigenvalue weighted by molar-refractivity contribution is 0.413. The zero-order valence-electron chi connectivity index (χ0n) is 7.99. The van der Waals surface area contributed by atoms with Gasteiger partial charge < -0.3 is 4.90 Å². The number of rotatable bonds is 3. The number of thioether (sulfide) groups is 1. The lowest BCUT2D eigenvalue weighted by atomic mass is 10.2. The number of nitrogens with zero attached hydrogens (tertiary/aromatic N) is 1. The summed E-state index contributed by atoms with van der Waals surface area (Å²) < 4.78 is 0. The van der Waals surface area contributed by atoms with Crippen molar-refractivity contribution in [3.63, 3.8) is 0 Å². The van der Waals surface area contributed by atoms with Crippen molar-refractivity contribution in [1.29, 1.82) is 0 Å². The summed E-state index contributed by atoms with van der Waals surface area (Å²) in [6.45, 7) is 4.57. The van der Waals surface area contributed by atoms with Crippen LogP contribution in [0.3, 0.4) is 0 Å². The van der Waals surface area contributed by atoms with Gasteiger partial charge in [-0.15, -0.1) is 0 Å². The Hall–Kier alpha value is -0.630. The van der Waals surface area contributed by atoms with E-state index in [9.17, 15) is 0 Å². The molecule has 2 aliphatic rings. The van der Waals surface area contributed by atoms with Crippen molar-refractivity contribution in [1.82, 2.24) is 4.90 Å². The SMILES string of the molecule is CCCCN1C=C2SC=CC=C2C1. The van der Waals surface area contributed by atoms with E-state index in [4.69, 9.17) is 0 Å². The van der Waals surface area contributed by atoms with Gasteiger partial charge in [0.1, 0.15) is 0 Å². The summed E-state index contributed by atoms with van der Waals surface area (Å²) >= 11 is 1.84. The fraction of sp³-hybridized carbons (Fsp3) is 0.455. The average Bonchev–Trinajstić information content (AvgIpc) is 2.57. The molecular weight excluding hydrogens is 178 g/mol. The number of hydrogen-bond acceptors (Lipinski definition) is 2. The van der Waals surface area contributed by atoms with Crippen LogP contribution in [0.4, 0.5) is 0 Å². The topological polar surface area (TPSA) is 3.24 Å². The van der Waals surface area contributed by atoms with Gasteiger partial charge in [0.25, 0.3) is 0 Å². The van der Waals surface area contributed by atoms with E-state index in [1.54, 1.807) is 0 Å². The van der Waals surface area contributed by atoms with Gasteiger partial charge in [0, 0.05) is 24.2 Å². The van der Waals surface area contributed by atoms with E-state index in [2.05, 4.69) is 35.6 Å². The van der Waals surface area contributed by atoms with Gasteiger partial charge in [0.05, 0.1) is 0 Å². The smallest absolute Gasteiger partial charge is 0.0436 e. The van der Waals surface area contributed by atoms with E-state index in [1.165, 1.54) is 29.9 Å². The van der Waals surface area contributed by atoms with Gasteiger partial charge in [-0.05, 0) is 17.4 Å². The van der Waals surface area contributed by atoms with E-state index in [0.29, 0.717) is 0 Å². The monoisotopic (exact) mass is 193 g/mol. The van der Waals surface area contributed by atoms with Crippen LogP contribution < -0.4 is 0 Å². The molecule has 0 radical (unpaired) electrons. The molecule has 0 fully saturated rings. The zero-order valence-corrected chi connectivity index (χ0v) is 8.81. The standard InChI is InChI=1S/C11H15NS/c1-2-3-6-12-8-10-5-4-7-13-11(10)9-12/h4-5,7,9H,2-3,6,8H2,1H3. The van der Waals surface area contributed by atoms with E-state index in [0.717, 1.165) is 6.54 Å². The quantitative estimate of drug-likeness (QED) is 0.677. The van der Waals surface area contributed by atoms with Crippen LogP contribution in [0.25, 0.3) is 0 Å². The summed E-state index contributed by atoms with van der Waals surface area (Å²) in [4.78, 5) is 3.86. The highest BCUT2D eigenvalue weighted by atomic mass is 32.2. The van der Waals surface area contributed by atoms with Crippen LogP contribution in [0, 0.1) is 0 Å². The maximum Gasteiger partial charge on any atom is 0.0436 e. The lowest BCUT2D eigenvalue weighted by Crippen LogP contribution is -2.16. The normalized spacial score (nSPS) is 19.9. The van der Waals surface area contributed by atoms with Crippen molar-refractivity contribution < 1.29 is 0 Å². The fourth-order valence-electron chi connectivity index (χ4n) is 1.60. The van der Waals surface area contributed by atoms with Gasteiger partial charge in [-0.2, -0.15) is 0 Å². The van der Waals surface area contributed by atoms with Crippen LogP contribution in [0.15, 0.2) is 34.2 Å². The summed E-state index contributed by atoms with van der Waals surface area (Å²) in [6, 6.07) is 0. The third-order valence-corrected chi connectivity index (χ3v) is 3.27. The van der Waals surface area contributed by atoms with Gasteiger partial charge in [0.2, 0.25) is 0 Å². The first-order valence-corrected chi connectivity index (χ1v) is 5.76. The molecule has 2 heterocycles. The Kier molecular flexibility index (Phi) is 2.79. The van der Waals surface area contributed by atoms with Gasteiger partial charge in [-0.25, -0.2) is 0 Å². The number of fused-ring (bicyclic) bond motifs is 1. The minimum absolute atomic E-state index is 1.12. The van der Waals surface area contributed by atoms with Crippen LogP contribution in [-0.4, -0.2) is 18.0 Å². The van der Waals surface area contributed by atoms with Gasteiger partial charge in [-0.1, -0.05) is 37.3 Å². The summed E-state index contributed by atoms with van der Waals surface area (Å²) in [5.74, 6) is 0. The first-order valence-electron chi connectivity index (χ1n) is 4.89. The van der Waals surface area contributed by atoms with Crippen LogP contribution in [0.1, 0.15) is 19.8 Å². The van der Waals surface area contributed by atoms with Crippen molar-refractivity contribution >= 4 is 11.8 Å². The van der Waals surface area contributed by atoms with Gasteiger partial charge in [-0.3, -0.25) is 0 Å². The maximum atomic E-state index is 2.42. The van der Waals surface area contributed by atoms with Gasteiger partial charge in [0.15, 0.2) is 0 Å². The molecule has 2 heteroatoms.